The number of ether oxygens (including phenoxy) is 1. The second-order valence-corrected chi connectivity index (χ2v) is 2.52. The third-order valence-corrected chi connectivity index (χ3v) is 1.65. The number of nitrogens with one attached hydrogen (secondary N) is 1. The average molecular weight is 156 g/mol. The van der Waals surface area contributed by atoms with Crippen LogP contribution in [0.2, 0.25) is 0 Å². The van der Waals surface area contributed by atoms with Gasteiger partial charge in [0.2, 0.25) is 0 Å². The van der Waals surface area contributed by atoms with Crippen LogP contribution in [0.4, 0.5) is 0 Å². The molecule has 1 aliphatic rings. The van der Waals surface area contributed by atoms with Gasteiger partial charge in [-0.25, -0.2) is 0 Å². The highest BCUT2D eigenvalue weighted by atomic mass is 16.5. The highest BCUT2D eigenvalue weighted by Gasteiger charge is 2.04. The van der Waals surface area contributed by atoms with E-state index in [-0.39, 0.29) is 0 Å². The molecule has 64 valence electrons. The molecule has 1 rings (SSSR count). The van der Waals surface area contributed by atoms with E-state index in [9.17, 15) is 0 Å². The van der Waals surface area contributed by atoms with Crippen molar-refractivity contribution in [2.45, 2.75) is 6.92 Å². The Labute approximate surface area is 68.0 Å². The van der Waals surface area contributed by atoms with Crippen molar-refractivity contribution in [3.05, 3.63) is 12.4 Å². The first-order chi connectivity index (χ1) is 5.43. The Hall–Kier alpha value is -0.700. The SMILES string of the molecule is CCNC=CN1CCOCC1. The lowest BCUT2D eigenvalue weighted by Gasteiger charge is -2.24. The van der Waals surface area contributed by atoms with Crippen LogP contribution in [0.15, 0.2) is 12.4 Å². The summed E-state index contributed by atoms with van der Waals surface area (Å²) in [5, 5.41) is 3.13. The summed E-state index contributed by atoms with van der Waals surface area (Å²) in [5.41, 5.74) is 0. The molecule has 0 amide bonds. The number of hydrogen-bond donors (Lipinski definition) is 1. The summed E-state index contributed by atoms with van der Waals surface area (Å²) in [6, 6.07) is 0. The van der Waals surface area contributed by atoms with E-state index in [1.165, 1.54) is 0 Å². The Kier molecular flexibility index (Phi) is 3.83. The van der Waals surface area contributed by atoms with Crippen molar-refractivity contribution in [1.82, 2.24) is 10.2 Å². The minimum Gasteiger partial charge on any atom is -0.390 e. The highest BCUT2D eigenvalue weighted by molar-refractivity contribution is 4.81. The molecular formula is C8H16N2O. The maximum Gasteiger partial charge on any atom is 0.0642 e. The Morgan fingerprint density at radius 1 is 1.45 bits per heavy atom. The molecule has 3 heteroatoms. The van der Waals surface area contributed by atoms with Gasteiger partial charge in [-0.1, -0.05) is 0 Å². The second kappa shape index (κ2) is 5.02. The molecule has 1 N–H and O–H groups in total. The standard InChI is InChI=1S/C8H16N2O/c1-2-9-3-4-10-5-7-11-8-6-10/h3-4,9H,2,5-8H2,1H3. The number of nitrogens with zero attached hydrogens (tertiary/aromatic N) is 1. The number of rotatable bonds is 3. The zero-order valence-corrected chi connectivity index (χ0v) is 7.05. The summed E-state index contributed by atoms with van der Waals surface area (Å²) in [5.74, 6) is 0. The predicted molar refractivity (Wildman–Crippen MR) is 45.2 cm³/mol. The van der Waals surface area contributed by atoms with Gasteiger partial charge in [0.1, 0.15) is 0 Å². The summed E-state index contributed by atoms with van der Waals surface area (Å²) >= 11 is 0. The fourth-order valence-corrected chi connectivity index (χ4v) is 1.00. The largest absolute Gasteiger partial charge is 0.390 e. The quantitative estimate of drug-likeness (QED) is 0.640. The summed E-state index contributed by atoms with van der Waals surface area (Å²) < 4.78 is 5.21. The fraction of sp³-hybridized carbons (Fsp3) is 0.750. The molecule has 0 atom stereocenters. The van der Waals surface area contributed by atoms with Crippen LogP contribution in [0.1, 0.15) is 6.92 Å². The van der Waals surface area contributed by atoms with Crippen LogP contribution in [0, 0.1) is 0 Å². The fourth-order valence-electron chi connectivity index (χ4n) is 1.00. The summed E-state index contributed by atoms with van der Waals surface area (Å²) in [4.78, 5) is 2.26. The van der Waals surface area contributed by atoms with Gasteiger partial charge in [-0.05, 0) is 6.92 Å². The molecule has 0 aromatic carbocycles. The summed E-state index contributed by atoms with van der Waals surface area (Å²) in [6.45, 7) is 6.82. The average Bonchev–Trinajstić information content (AvgIpc) is 2.07. The van der Waals surface area contributed by atoms with E-state index in [1.807, 2.05) is 6.20 Å². The lowest BCUT2D eigenvalue weighted by Crippen LogP contribution is -2.32. The molecule has 11 heavy (non-hydrogen) atoms. The number of morpholine rings is 1. The Balaban J connectivity index is 2.13. The second-order valence-electron chi connectivity index (χ2n) is 2.52. The van der Waals surface area contributed by atoms with Crippen molar-refractivity contribution in [2.24, 2.45) is 0 Å². The lowest BCUT2D eigenvalue weighted by molar-refractivity contribution is 0.0592. The monoisotopic (exact) mass is 156 g/mol. The minimum atomic E-state index is 0.858. The highest BCUT2D eigenvalue weighted by Crippen LogP contribution is 1.95. The summed E-state index contributed by atoms with van der Waals surface area (Å²) in [7, 11) is 0. The van der Waals surface area contributed by atoms with Crippen molar-refractivity contribution in [3.63, 3.8) is 0 Å². The van der Waals surface area contributed by atoms with Crippen molar-refractivity contribution in [1.29, 1.82) is 0 Å². The lowest BCUT2D eigenvalue weighted by atomic mass is 10.4. The van der Waals surface area contributed by atoms with Gasteiger partial charge in [0, 0.05) is 32.0 Å². The smallest absolute Gasteiger partial charge is 0.0642 e. The molecular weight excluding hydrogens is 140 g/mol. The van der Waals surface area contributed by atoms with Crippen LogP contribution in [0.5, 0.6) is 0 Å². The third-order valence-electron chi connectivity index (χ3n) is 1.65. The van der Waals surface area contributed by atoms with E-state index in [1.54, 1.807) is 0 Å². The third kappa shape index (κ3) is 3.28. The van der Waals surface area contributed by atoms with Crippen LogP contribution in [-0.4, -0.2) is 37.7 Å². The molecule has 0 aromatic rings. The van der Waals surface area contributed by atoms with Crippen molar-refractivity contribution in [2.75, 3.05) is 32.8 Å². The van der Waals surface area contributed by atoms with E-state index < -0.39 is 0 Å². The molecule has 0 aliphatic carbocycles. The zero-order valence-electron chi connectivity index (χ0n) is 7.05. The van der Waals surface area contributed by atoms with E-state index in [0.717, 1.165) is 32.8 Å². The van der Waals surface area contributed by atoms with Gasteiger partial charge in [-0.2, -0.15) is 0 Å². The van der Waals surface area contributed by atoms with E-state index in [2.05, 4.69) is 23.3 Å². The van der Waals surface area contributed by atoms with Crippen LogP contribution in [0.25, 0.3) is 0 Å². The first kappa shape index (κ1) is 8.40. The molecule has 0 spiro atoms. The topological polar surface area (TPSA) is 24.5 Å². The molecule has 3 nitrogen and oxygen atoms in total. The van der Waals surface area contributed by atoms with Gasteiger partial charge in [0.25, 0.3) is 0 Å². The van der Waals surface area contributed by atoms with E-state index in [4.69, 9.17) is 4.74 Å². The van der Waals surface area contributed by atoms with Gasteiger partial charge < -0.3 is 15.0 Å². The van der Waals surface area contributed by atoms with E-state index >= 15 is 0 Å². The van der Waals surface area contributed by atoms with Crippen molar-refractivity contribution < 1.29 is 4.74 Å². The Morgan fingerprint density at radius 3 is 2.82 bits per heavy atom. The van der Waals surface area contributed by atoms with Crippen molar-refractivity contribution in [3.8, 4) is 0 Å². The maximum absolute atomic E-state index is 5.21. The normalized spacial score (nSPS) is 19.2. The maximum atomic E-state index is 5.21. The molecule has 0 bridgehead atoms. The van der Waals surface area contributed by atoms with Gasteiger partial charge in [-0.3, -0.25) is 0 Å². The van der Waals surface area contributed by atoms with Gasteiger partial charge in [-0.15, -0.1) is 0 Å². The molecule has 1 heterocycles. The zero-order chi connectivity index (χ0) is 7.94. The molecule has 1 aliphatic heterocycles. The predicted octanol–water partition coefficient (Wildman–Crippen LogP) is 0.399. The summed E-state index contributed by atoms with van der Waals surface area (Å²) in [6.07, 6.45) is 4.08. The van der Waals surface area contributed by atoms with Crippen LogP contribution < -0.4 is 5.32 Å². The molecule has 0 radical (unpaired) electrons. The molecule has 0 unspecified atom stereocenters. The first-order valence-corrected chi connectivity index (χ1v) is 4.15. The molecule has 1 fully saturated rings. The van der Waals surface area contributed by atoms with Gasteiger partial charge in [0.15, 0.2) is 0 Å². The Bertz CT molecular complexity index is 119. The van der Waals surface area contributed by atoms with E-state index in [0.29, 0.717) is 0 Å². The van der Waals surface area contributed by atoms with Crippen LogP contribution >= 0.6 is 0 Å². The van der Waals surface area contributed by atoms with Crippen LogP contribution in [0.3, 0.4) is 0 Å². The molecule has 1 saturated heterocycles. The van der Waals surface area contributed by atoms with Crippen LogP contribution in [-0.2, 0) is 4.74 Å². The van der Waals surface area contributed by atoms with Gasteiger partial charge in [0.05, 0.1) is 13.2 Å². The number of hydrogen-bond acceptors (Lipinski definition) is 3. The molecule has 0 saturated carbocycles. The Morgan fingerprint density at radius 2 is 2.18 bits per heavy atom. The van der Waals surface area contributed by atoms with Crippen molar-refractivity contribution >= 4 is 0 Å². The van der Waals surface area contributed by atoms with Gasteiger partial charge >= 0.3 is 0 Å². The molecule has 0 aromatic heterocycles. The minimum absolute atomic E-state index is 0.858. The first-order valence-electron chi connectivity index (χ1n) is 4.15.